The summed E-state index contributed by atoms with van der Waals surface area (Å²) >= 11 is -2.64. The van der Waals surface area contributed by atoms with E-state index in [1.807, 2.05) is 0 Å². The zero-order valence-corrected chi connectivity index (χ0v) is 36.8. The molecule has 0 nitrogen and oxygen atoms in total. The van der Waals surface area contributed by atoms with Crippen LogP contribution >= 0.6 is 0 Å². The van der Waals surface area contributed by atoms with Gasteiger partial charge in [0, 0.05) is 0 Å². The zero-order valence-electron chi connectivity index (χ0n) is 32.8. The summed E-state index contributed by atoms with van der Waals surface area (Å²) in [6.07, 6.45) is 10.3. The zero-order chi connectivity index (χ0) is 34.9. The Balaban J connectivity index is 0.00000243. The molecular formula is C47H56Cl2Zr. The molecule has 3 aromatic rings. The summed E-state index contributed by atoms with van der Waals surface area (Å²) in [5.41, 5.74) is 19.6. The van der Waals surface area contributed by atoms with Crippen molar-refractivity contribution in [3.8, 4) is 11.1 Å². The predicted molar refractivity (Wildman–Crippen MR) is 207 cm³/mol. The third-order valence-corrected chi connectivity index (χ3v) is 20.4. The van der Waals surface area contributed by atoms with Crippen LogP contribution in [-0.2, 0) is 32.1 Å². The van der Waals surface area contributed by atoms with Crippen LogP contribution in [0.2, 0.25) is 0 Å². The molecule has 0 aliphatic heterocycles. The second kappa shape index (κ2) is 12.8. The first-order valence-corrected chi connectivity index (χ1v) is 22.1. The maximum absolute atomic E-state index is 2.70. The van der Waals surface area contributed by atoms with Gasteiger partial charge < -0.3 is 24.8 Å². The third-order valence-electron chi connectivity index (χ3n) is 11.8. The minimum Gasteiger partial charge on any atom is -1.00 e. The topological polar surface area (TPSA) is 0 Å². The van der Waals surface area contributed by atoms with Crippen molar-refractivity contribution < 1.29 is 46.1 Å². The van der Waals surface area contributed by atoms with Crippen LogP contribution in [0, 0.1) is 23.7 Å². The second-order valence-corrected chi connectivity index (χ2v) is 25.4. The van der Waals surface area contributed by atoms with E-state index in [1.54, 1.807) is 17.6 Å². The summed E-state index contributed by atoms with van der Waals surface area (Å²) in [6, 6.07) is 20.1. The number of rotatable bonds is 3. The molecule has 0 fully saturated rings. The largest absolute Gasteiger partial charge is 1.00 e. The quantitative estimate of drug-likeness (QED) is 0.273. The second-order valence-electron chi connectivity index (χ2n) is 18.7. The summed E-state index contributed by atoms with van der Waals surface area (Å²) in [5.74, 6) is 0.493. The molecule has 3 aromatic carbocycles. The van der Waals surface area contributed by atoms with E-state index in [0.717, 1.165) is 0 Å². The summed E-state index contributed by atoms with van der Waals surface area (Å²) in [7, 11) is 0. The van der Waals surface area contributed by atoms with E-state index in [0.29, 0.717) is 9.54 Å². The Morgan fingerprint density at radius 1 is 0.660 bits per heavy atom. The fraction of sp³-hybridized carbons (Fsp3) is 0.426. The molecule has 0 heterocycles. The van der Waals surface area contributed by atoms with Gasteiger partial charge in [-0.1, -0.05) is 0 Å². The number of hydrogen-bond donors (Lipinski definition) is 0. The number of halogens is 2. The molecule has 4 aliphatic rings. The average molecular weight is 783 g/mol. The van der Waals surface area contributed by atoms with Crippen molar-refractivity contribution in [2.45, 2.75) is 111 Å². The molecule has 0 saturated carbocycles. The van der Waals surface area contributed by atoms with Crippen molar-refractivity contribution in [1.29, 1.82) is 0 Å². The van der Waals surface area contributed by atoms with Crippen molar-refractivity contribution in [3.63, 3.8) is 0 Å². The molecule has 3 heteroatoms. The Morgan fingerprint density at radius 3 is 1.48 bits per heavy atom. The third kappa shape index (κ3) is 6.24. The maximum atomic E-state index is 2.70. The van der Waals surface area contributed by atoms with E-state index in [9.17, 15) is 0 Å². The molecule has 0 radical (unpaired) electrons. The van der Waals surface area contributed by atoms with Gasteiger partial charge in [0.15, 0.2) is 0 Å². The molecule has 262 valence electrons. The first-order valence-electron chi connectivity index (χ1n) is 18.2. The molecule has 50 heavy (non-hydrogen) atoms. The summed E-state index contributed by atoms with van der Waals surface area (Å²) in [5, 5.41) is 0. The smallest absolute Gasteiger partial charge is 1.00 e. The molecule has 1 unspecified atom stereocenters. The van der Waals surface area contributed by atoms with Crippen LogP contribution in [0.5, 0.6) is 0 Å². The van der Waals surface area contributed by atoms with Gasteiger partial charge in [0.1, 0.15) is 0 Å². The Labute approximate surface area is 323 Å². The fourth-order valence-electron chi connectivity index (χ4n) is 9.23. The number of fused-ring (bicyclic) bond motifs is 5. The normalized spacial score (nSPS) is 20.0. The number of allylic oxidation sites excluding steroid dienone is 8. The standard InChI is InChI=1S/C31H37.C9H10.C7H9.2ClH.Zr/c1-28(2,3)26-16-30(7,8)24-12-18-11-19-13-25-23(15-21(19)20(18)14-22(24)26)27(29(4,5)6)17-31(25,9)10;1-3-9-6-4-8(2)5-7-9;1-6-3-4-7(2)5-6;;;/h11-17H,1-10H3;4-7H,1-2H3;3,5,7H,1-2H3;2*1H;/q;;;;;+2/p-2. The predicted octanol–water partition coefficient (Wildman–Crippen LogP) is 6.85. The average Bonchev–Trinajstić information content (AvgIpc) is 3.65. The van der Waals surface area contributed by atoms with Crippen LogP contribution in [0.25, 0.3) is 22.3 Å². The van der Waals surface area contributed by atoms with Gasteiger partial charge in [-0.3, -0.25) is 0 Å². The van der Waals surface area contributed by atoms with Gasteiger partial charge in [-0.25, -0.2) is 0 Å². The first kappa shape index (κ1) is 39.2. The van der Waals surface area contributed by atoms with Crippen LogP contribution in [-0.4, -0.2) is 3.21 Å². The van der Waals surface area contributed by atoms with E-state index < -0.39 is 21.3 Å². The molecule has 0 N–H and O–H groups in total. The van der Waals surface area contributed by atoms with E-state index in [-0.39, 0.29) is 46.5 Å². The van der Waals surface area contributed by atoms with Crippen LogP contribution in [0.4, 0.5) is 0 Å². The van der Waals surface area contributed by atoms with Crippen molar-refractivity contribution in [3.05, 3.63) is 126 Å². The van der Waals surface area contributed by atoms with Gasteiger partial charge in [0.05, 0.1) is 0 Å². The van der Waals surface area contributed by atoms with Crippen LogP contribution in [0.15, 0.2) is 81.7 Å². The Morgan fingerprint density at radius 2 is 1.10 bits per heavy atom. The minimum atomic E-state index is -2.64. The molecular weight excluding hydrogens is 727 g/mol. The summed E-state index contributed by atoms with van der Waals surface area (Å²) in [4.78, 5) is 0. The van der Waals surface area contributed by atoms with E-state index in [2.05, 4.69) is 170 Å². The van der Waals surface area contributed by atoms with Crippen molar-refractivity contribution in [1.82, 2.24) is 0 Å². The monoisotopic (exact) mass is 780 g/mol. The van der Waals surface area contributed by atoms with Crippen LogP contribution < -0.4 is 24.8 Å². The van der Waals surface area contributed by atoms with Gasteiger partial charge in [0.2, 0.25) is 0 Å². The molecule has 0 amide bonds. The van der Waals surface area contributed by atoms with E-state index in [4.69, 9.17) is 0 Å². The van der Waals surface area contributed by atoms with Gasteiger partial charge in [-0.15, -0.1) is 0 Å². The van der Waals surface area contributed by atoms with Crippen molar-refractivity contribution in [2.75, 3.05) is 0 Å². The Kier molecular flexibility index (Phi) is 10.0. The summed E-state index contributed by atoms with van der Waals surface area (Å²) in [6.45, 7) is 33.5. The Bertz CT molecular complexity index is 1960. The number of hydrogen-bond acceptors (Lipinski definition) is 0. The molecule has 0 aromatic heterocycles. The SMILES string of the molecule is CC1=CC(C)[C](/[Zr+2](=[C](/C)c2ccc(C)cc2)[CH]2c3cc4c(cc3-c3cc5c(cc32)C(C)(C)C=C5C(C)(C)C)C(C(C)(C)C)=CC4(C)C)=C1.[Cl-].[Cl-]. The van der Waals surface area contributed by atoms with Gasteiger partial charge >= 0.3 is 301 Å². The molecule has 0 saturated heterocycles. The molecule has 1 atom stereocenters. The van der Waals surface area contributed by atoms with Crippen LogP contribution in [0.1, 0.15) is 138 Å². The minimum absolute atomic E-state index is 0. The molecule has 0 bridgehead atoms. The maximum Gasteiger partial charge on any atom is -1.00 e. The van der Waals surface area contributed by atoms with Gasteiger partial charge in [0.25, 0.3) is 0 Å². The first-order chi connectivity index (χ1) is 22.2. The summed E-state index contributed by atoms with van der Waals surface area (Å²) < 4.78 is 3.86. The molecule has 7 rings (SSSR count). The van der Waals surface area contributed by atoms with Crippen molar-refractivity contribution >= 4 is 14.4 Å². The molecule has 4 aliphatic carbocycles. The van der Waals surface area contributed by atoms with Gasteiger partial charge in [-0.05, 0) is 0 Å². The Hall–Kier alpha value is -2.05. The van der Waals surface area contributed by atoms with Gasteiger partial charge in [-0.2, -0.15) is 0 Å². The van der Waals surface area contributed by atoms with E-state index >= 15 is 0 Å². The number of aryl methyl sites for hydroxylation is 1. The van der Waals surface area contributed by atoms with Crippen molar-refractivity contribution in [2.24, 2.45) is 16.7 Å². The molecule has 0 spiro atoms. The van der Waals surface area contributed by atoms with Crippen LogP contribution in [0.3, 0.4) is 0 Å². The van der Waals surface area contributed by atoms with E-state index in [1.165, 1.54) is 61.2 Å². The number of benzene rings is 3. The fourth-order valence-corrected chi connectivity index (χ4v) is 18.4.